The molecule has 0 aliphatic carbocycles. The van der Waals surface area contributed by atoms with Crippen molar-refractivity contribution in [3.05, 3.63) is 29.8 Å². The van der Waals surface area contributed by atoms with Crippen molar-refractivity contribution in [3.63, 3.8) is 0 Å². The number of carbonyl (C=O) groups is 1. The Hall–Kier alpha value is -1.55. The topological polar surface area (TPSA) is 41.6 Å². The maximum absolute atomic E-state index is 12.0. The van der Waals surface area contributed by atoms with Crippen LogP contribution in [-0.2, 0) is 4.79 Å². The van der Waals surface area contributed by atoms with E-state index in [0.29, 0.717) is 5.92 Å². The highest BCUT2D eigenvalue weighted by atomic mass is 16.5. The van der Waals surface area contributed by atoms with Crippen LogP contribution in [0.2, 0.25) is 0 Å². The molecule has 1 N–H and O–H groups in total. The van der Waals surface area contributed by atoms with Crippen molar-refractivity contribution in [1.82, 2.24) is 10.2 Å². The van der Waals surface area contributed by atoms with Crippen LogP contribution in [0.15, 0.2) is 24.3 Å². The predicted molar refractivity (Wildman–Crippen MR) is 75.5 cm³/mol. The van der Waals surface area contributed by atoms with E-state index in [1.54, 1.807) is 0 Å². The van der Waals surface area contributed by atoms with Crippen molar-refractivity contribution < 1.29 is 9.53 Å². The first-order valence-electron chi connectivity index (χ1n) is 6.88. The van der Waals surface area contributed by atoms with Crippen LogP contribution in [0.3, 0.4) is 0 Å². The standard InChI is InChI=1S/C15H22N2O2/c1-12(2)13-5-3-4-6-14(13)19-11-15(18)17-9-7-16-8-10-17/h3-6,12,16H,7-11H2,1-2H3. The number of nitrogens with zero attached hydrogens (tertiary/aromatic N) is 1. The minimum atomic E-state index is 0.0695. The van der Waals surface area contributed by atoms with Gasteiger partial charge in [-0.1, -0.05) is 32.0 Å². The zero-order valence-electron chi connectivity index (χ0n) is 11.7. The predicted octanol–water partition coefficient (Wildman–Crippen LogP) is 1.62. The molecule has 1 saturated heterocycles. The van der Waals surface area contributed by atoms with Gasteiger partial charge in [0.25, 0.3) is 5.91 Å². The van der Waals surface area contributed by atoms with Gasteiger partial charge in [0.15, 0.2) is 6.61 Å². The smallest absolute Gasteiger partial charge is 0.260 e. The van der Waals surface area contributed by atoms with Crippen molar-refractivity contribution >= 4 is 5.91 Å². The van der Waals surface area contributed by atoms with Crippen LogP contribution in [0.1, 0.15) is 25.3 Å². The monoisotopic (exact) mass is 262 g/mol. The number of rotatable bonds is 4. The van der Waals surface area contributed by atoms with Crippen molar-refractivity contribution in [2.75, 3.05) is 32.8 Å². The maximum Gasteiger partial charge on any atom is 0.260 e. The van der Waals surface area contributed by atoms with Crippen LogP contribution in [-0.4, -0.2) is 43.6 Å². The summed E-state index contributed by atoms with van der Waals surface area (Å²) < 4.78 is 5.70. The highest BCUT2D eigenvalue weighted by Crippen LogP contribution is 2.25. The van der Waals surface area contributed by atoms with Crippen molar-refractivity contribution in [3.8, 4) is 5.75 Å². The van der Waals surface area contributed by atoms with Crippen molar-refractivity contribution in [1.29, 1.82) is 0 Å². The van der Waals surface area contributed by atoms with Crippen LogP contribution in [0.4, 0.5) is 0 Å². The molecule has 0 bridgehead atoms. The van der Waals surface area contributed by atoms with Gasteiger partial charge in [-0.15, -0.1) is 0 Å². The molecule has 19 heavy (non-hydrogen) atoms. The molecular weight excluding hydrogens is 240 g/mol. The van der Waals surface area contributed by atoms with Gasteiger partial charge in [0.05, 0.1) is 0 Å². The van der Waals surface area contributed by atoms with E-state index in [1.165, 1.54) is 0 Å². The largest absolute Gasteiger partial charge is 0.483 e. The van der Waals surface area contributed by atoms with Crippen LogP contribution < -0.4 is 10.1 Å². The van der Waals surface area contributed by atoms with Gasteiger partial charge in [-0.25, -0.2) is 0 Å². The van der Waals surface area contributed by atoms with Crippen LogP contribution >= 0.6 is 0 Å². The molecule has 0 saturated carbocycles. The number of hydrogen-bond acceptors (Lipinski definition) is 3. The van der Waals surface area contributed by atoms with Gasteiger partial charge in [-0.05, 0) is 17.5 Å². The van der Waals surface area contributed by atoms with Gasteiger partial charge < -0.3 is 15.0 Å². The summed E-state index contributed by atoms with van der Waals surface area (Å²) in [6.07, 6.45) is 0. The molecule has 2 rings (SSSR count). The van der Waals surface area contributed by atoms with Gasteiger partial charge in [0.2, 0.25) is 0 Å². The van der Waals surface area contributed by atoms with Gasteiger partial charge in [-0.3, -0.25) is 4.79 Å². The second-order valence-electron chi connectivity index (χ2n) is 5.11. The second-order valence-corrected chi connectivity index (χ2v) is 5.11. The number of amides is 1. The summed E-state index contributed by atoms with van der Waals surface area (Å²) in [6, 6.07) is 7.92. The molecule has 1 aromatic rings. The third kappa shape index (κ3) is 3.70. The molecule has 0 spiro atoms. The van der Waals surface area contributed by atoms with Gasteiger partial charge >= 0.3 is 0 Å². The van der Waals surface area contributed by atoms with Gasteiger partial charge in [0.1, 0.15) is 5.75 Å². The molecule has 1 aliphatic heterocycles. The number of ether oxygens (including phenoxy) is 1. The van der Waals surface area contributed by atoms with E-state index in [4.69, 9.17) is 4.74 Å². The molecule has 4 heteroatoms. The fourth-order valence-corrected chi connectivity index (χ4v) is 2.23. The number of hydrogen-bond donors (Lipinski definition) is 1. The van der Waals surface area contributed by atoms with Gasteiger partial charge in [0, 0.05) is 26.2 Å². The lowest BCUT2D eigenvalue weighted by Crippen LogP contribution is -2.47. The number of piperazine rings is 1. The fraction of sp³-hybridized carbons (Fsp3) is 0.533. The number of para-hydroxylation sites is 1. The molecule has 1 fully saturated rings. The molecular formula is C15H22N2O2. The molecule has 1 aliphatic rings. The van der Waals surface area contributed by atoms with Crippen LogP contribution in [0, 0.1) is 0 Å². The van der Waals surface area contributed by atoms with Gasteiger partial charge in [-0.2, -0.15) is 0 Å². The van der Waals surface area contributed by atoms with E-state index < -0.39 is 0 Å². The summed E-state index contributed by atoms with van der Waals surface area (Å²) in [5.74, 6) is 1.28. The van der Waals surface area contributed by atoms with E-state index >= 15 is 0 Å². The Kier molecular flexibility index (Phi) is 4.80. The quantitative estimate of drug-likeness (QED) is 0.896. The lowest BCUT2D eigenvalue weighted by atomic mass is 10.0. The molecule has 1 amide bonds. The SMILES string of the molecule is CC(C)c1ccccc1OCC(=O)N1CCNCC1. The molecule has 4 nitrogen and oxygen atoms in total. The number of nitrogens with one attached hydrogen (secondary N) is 1. The Balaban J connectivity index is 1.93. The minimum Gasteiger partial charge on any atom is -0.483 e. The Morgan fingerprint density at radius 1 is 1.32 bits per heavy atom. The Morgan fingerprint density at radius 2 is 2.00 bits per heavy atom. The number of benzene rings is 1. The lowest BCUT2D eigenvalue weighted by Gasteiger charge is -2.27. The molecule has 0 atom stereocenters. The zero-order chi connectivity index (χ0) is 13.7. The fourth-order valence-electron chi connectivity index (χ4n) is 2.23. The highest BCUT2D eigenvalue weighted by molar-refractivity contribution is 5.78. The first kappa shape index (κ1) is 13.9. The molecule has 0 aromatic heterocycles. The zero-order valence-corrected chi connectivity index (χ0v) is 11.7. The summed E-state index contributed by atoms with van der Waals surface area (Å²) in [4.78, 5) is 13.9. The summed E-state index contributed by atoms with van der Waals surface area (Å²) in [5, 5.41) is 3.23. The van der Waals surface area contributed by atoms with E-state index in [0.717, 1.165) is 37.5 Å². The summed E-state index contributed by atoms with van der Waals surface area (Å²) >= 11 is 0. The van der Waals surface area contributed by atoms with Crippen molar-refractivity contribution in [2.45, 2.75) is 19.8 Å². The molecule has 0 radical (unpaired) electrons. The van der Waals surface area contributed by atoms with E-state index in [1.807, 2.05) is 23.1 Å². The Bertz CT molecular complexity index is 426. The highest BCUT2D eigenvalue weighted by Gasteiger charge is 2.17. The van der Waals surface area contributed by atoms with E-state index in [-0.39, 0.29) is 12.5 Å². The molecule has 1 heterocycles. The lowest BCUT2D eigenvalue weighted by molar-refractivity contribution is -0.133. The van der Waals surface area contributed by atoms with Crippen LogP contribution in [0.5, 0.6) is 5.75 Å². The van der Waals surface area contributed by atoms with E-state index in [2.05, 4.69) is 25.2 Å². The summed E-state index contributed by atoms with van der Waals surface area (Å²) in [6.45, 7) is 7.66. The van der Waals surface area contributed by atoms with E-state index in [9.17, 15) is 4.79 Å². The second kappa shape index (κ2) is 6.57. The molecule has 0 unspecified atom stereocenters. The maximum atomic E-state index is 12.0. The summed E-state index contributed by atoms with van der Waals surface area (Å²) in [5.41, 5.74) is 1.15. The first-order chi connectivity index (χ1) is 9.18. The Morgan fingerprint density at radius 3 is 2.68 bits per heavy atom. The van der Waals surface area contributed by atoms with Crippen LogP contribution in [0.25, 0.3) is 0 Å². The van der Waals surface area contributed by atoms with Crippen molar-refractivity contribution in [2.24, 2.45) is 0 Å². The normalized spacial score (nSPS) is 15.6. The average molecular weight is 262 g/mol. The Labute approximate surface area is 114 Å². The third-order valence-corrected chi connectivity index (χ3v) is 3.36. The molecule has 104 valence electrons. The average Bonchev–Trinajstić information content (AvgIpc) is 2.46. The first-order valence-corrected chi connectivity index (χ1v) is 6.88. The summed E-state index contributed by atoms with van der Waals surface area (Å²) in [7, 11) is 0. The number of carbonyl (C=O) groups excluding carboxylic acids is 1. The minimum absolute atomic E-state index is 0.0695. The molecule has 1 aromatic carbocycles. The third-order valence-electron chi connectivity index (χ3n) is 3.36.